The van der Waals surface area contributed by atoms with E-state index in [1.807, 2.05) is 36.4 Å². The molecule has 0 bridgehead atoms. The van der Waals surface area contributed by atoms with Crippen LogP contribution in [-0.2, 0) is 4.79 Å². The van der Waals surface area contributed by atoms with Gasteiger partial charge in [0, 0.05) is 28.9 Å². The van der Waals surface area contributed by atoms with Gasteiger partial charge in [-0.2, -0.15) is 5.10 Å². The van der Waals surface area contributed by atoms with Crippen LogP contribution in [0.1, 0.15) is 52.7 Å². The lowest BCUT2D eigenvalue weighted by Gasteiger charge is -2.28. The fourth-order valence-corrected chi connectivity index (χ4v) is 4.94. The van der Waals surface area contributed by atoms with Crippen molar-refractivity contribution in [2.24, 2.45) is 5.73 Å². The highest BCUT2D eigenvalue weighted by Crippen LogP contribution is 2.50. The molecular weight excluding hydrogens is 458 g/mol. The molecule has 0 radical (unpaired) electrons. The lowest BCUT2D eigenvalue weighted by molar-refractivity contribution is -0.111. The van der Waals surface area contributed by atoms with Crippen molar-refractivity contribution in [2.75, 3.05) is 31.4 Å². The minimum absolute atomic E-state index is 0.232. The minimum Gasteiger partial charge on any atom is -0.496 e. The van der Waals surface area contributed by atoms with Crippen LogP contribution in [0.5, 0.6) is 11.5 Å². The SMILES string of the molecule is C=CC(=O)Nc1ccccc1C1CCNc2c(C(N)=O)c(-c3cc(OC)c(C4CC4)c(OC)c3)nn21. The summed E-state index contributed by atoms with van der Waals surface area (Å²) in [5.74, 6) is 1.47. The Balaban J connectivity index is 1.66. The largest absolute Gasteiger partial charge is 0.496 e. The Morgan fingerprint density at radius 2 is 1.86 bits per heavy atom. The van der Waals surface area contributed by atoms with Gasteiger partial charge in [-0.25, -0.2) is 4.68 Å². The van der Waals surface area contributed by atoms with Crippen molar-refractivity contribution in [2.45, 2.75) is 31.2 Å². The van der Waals surface area contributed by atoms with E-state index in [0.29, 0.717) is 58.7 Å². The number of ether oxygens (including phenoxy) is 2. The number of para-hydroxylation sites is 1. The molecule has 0 spiro atoms. The number of carbonyl (C=O) groups is 2. The molecule has 9 heteroatoms. The van der Waals surface area contributed by atoms with Gasteiger partial charge < -0.3 is 25.8 Å². The minimum atomic E-state index is -0.586. The van der Waals surface area contributed by atoms with E-state index in [2.05, 4.69) is 17.2 Å². The maximum Gasteiger partial charge on any atom is 0.254 e. The van der Waals surface area contributed by atoms with Crippen LogP contribution in [0, 0.1) is 0 Å². The van der Waals surface area contributed by atoms with Gasteiger partial charge in [0.25, 0.3) is 5.91 Å². The van der Waals surface area contributed by atoms with Crippen LogP contribution in [0.2, 0.25) is 0 Å². The zero-order valence-electron chi connectivity index (χ0n) is 20.3. The normalized spacial score (nSPS) is 16.4. The summed E-state index contributed by atoms with van der Waals surface area (Å²) in [6.45, 7) is 4.14. The molecule has 1 saturated carbocycles. The number of benzene rings is 2. The van der Waals surface area contributed by atoms with Crippen LogP contribution in [0.4, 0.5) is 11.5 Å². The highest BCUT2D eigenvalue weighted by atomic mass is 16.5. The molecule has 5 rings (SSSR count). The number of anilines is 2. The van der Waals surface area contributed by atoms with E-state index in [0.717, 1.165) is 24.0 Å². The lowest BCUT2D eigenvalue weighted by atomic mass is 9.99. The first-order chi connectivity index (χ1) is 17.5. The molecule has 2 aliphatic rings. The fourth-order valence-electron chi connectivity index (χ4n) is 4.94. The maximum atomic E-state index is 12.7. The van der Waals surface area contributed by atoms with Crippen molar-refractivity contribution in [3.63, 3.8) is 0 Å². The standard InChI is InChI=1S/C27H29N5O4/c1-4-22(33)30-18-8-6-5-7-17(18)19-11-12-29-27-24(26(28)34)25(31-32(19)27)16-13-20(35-2)23(15-9-10-15)21(14-16)36-3/h4-8,13-15,19,29H,1,9-12H2,2-3H3,(H2,28,34)(H,30,33). The Morgan fingerprint density at radius 3 is 2.47 bits per heavy atom. The molecule has 186 valence electrons. The third-order valence-corrected chi connectivity index (χ3v) is 6.73. The van der Waals surface area contributed by atoms with Crippen LogP contribution in [0.25, 0.3) is 11.3 Å². The predicted octanol–water partition coefficient (Wildman–Crippen LogP) is 4.07. The lowest BCUT2D eigenvalue weighted by Crippen LogP contribution is -2.27. The van der Waals surface area contributed by atoms with Gasteiger partial charge in [0.2, 0.25) is 5.91 Å². The monoisotopic (exact) mass is 487 g/mol. The van der Waals surface area contributed by atoms with Crippen LogP contribution in [0.15, 0.2) is 49.1 Å². The summed E-state index contributed by atoms with van der Waals surface area (Å²) in [6, 6.07) is 11.1. The molecule has 2 aromatic carbocycles. The number of amides is 2. The number of nitrogens with zero attached hydrogens (tertiary/aromatic N) is 2. The van der Waals surface area contributed by atoms with Gasteiger partial charge >= 0.3 is 0 Å². The first-order valence-corrected chi connectivity index (χ1v) is 11.9. The quantitative estimate of drug-likeness (QED) is 0.412. The number of methoxy groups -OCH3 is 2. The van der Waals surface area contributed by atoms with Gasteiger partial charge in [0.1, 0.15) is 28.6 Å². The summed E-state index contributed by atoms with van der Waals surface area (Å²) < 4.78 is 13.2. The Hall–Kier alpha value is -4.27. The summed E-state index contributed by atoms with van der Waals surface area (Å²) in [6.07, 6.45) is 4.10. The molecule has 1 unspecified atom stereocenters. The number of nitrogens with two attached hydrogens (primary N) is 1. The van der Waals surface area contributed by atoms with E-state index in [4.69, 9.17) is 20.3 Å². The molecule has 0 saturated heterocycles. The molecule has 3 aromatic rings. The molecule has 1 fully saturated rings. The number of primary amides is 1. The summed E-state index contributed by atoms with van der Waals surface area (Å²) >= 11 is 0. The number of rotatable bonds is 8. The molecule has 2 heterocycles. The van der Waals surface area contributed by atoms with E-state index in [1.165, 1.54) is 6.08 Å². The van der Waals surface area contributed by atoms with Crippen LogP contribution >= 0.6 is 0 Å². The van der Waals surface area contributed by atoms with Crippen molar-refractivity contribution in [3.05, 3.63) is 65.7 Å². The van der Waals surface area contributed by atoms with Gasteiger partial charge in [-0.15, -0.1) is 0 Å². The van der Waals surface area contributed by atoms with Gasteiger partial charge in [-0.05, 0) is 49.5 Å². The second-order valence-electron chi connectivity index (χ2n) is 8.96. The molecule has 2 amide bonds. The summed E-state index contributed by atoms with van der Waals surface area (Å²) in [5.41, 5.74) is 9.89. The van der Waals surface area contributed by atoms with E-state index < -0.39 is 5.91 Å². The summed E-state index contributed by atoms with van der Waals surface area (Å²) in [5, 5.41) is 11.1. The third-order valence-electron chi connectivity index (χ3n) is 6.73. The molecule has 4 N–H and O–H groups in total. The smallest absolute Gasteiger partial charge is 0.254 e. The molecule has 1 aromatic heterocycles. The number of aromatic nitrogens is 2. The second kappa shape index (κ2) is 9.41. The van der Waals surface area contributed by atoms with Gasteiger partial charge in [0.15, 0.2) is 0 Å². The Kier molecular flexibility index (Phi) is 6.13. The van der Waals surface area contributed by atoms with Gasteiger partial charge in [0.05, 0.1) is 20.3 Å². The number of fused-ring (bicyclic) bond motifs is 1. The van der Waals surface area contributed by atoms with Crippen molar-refractivity contribution < 1.29 is 19.1 Å². The zero-order valence-corrected chi connectivity index (χ0v) is 20.3. The number of hydrogen-bond donors (Lipinski definition) is 3. The third kappa shape index (κ3) is 4.06. The second-order valence-corrected chi connectivity index (χ2v) is 8.96. The van der Waals surface area contributed by atoms with Crippen molar-refractivity contribution >= 4 is 23.3 Å². The Labute approximate surface area is 209 Å². The average Bonchev–Trinajstić information content (AvgIpc) is 3.65. The van der Waals surface area contributed by atoms with E-state index in [9.17, 15) is 9.59 Å². The highest BCUT2D eigenvalue weighted by molar-refractivity contribution is 6.04. The average molecular weight is 488 g/mol. The molecule has 1 aliphatic heterocycles. The first-order valence-electron chi connectivity index (χ1n) is 11.9. The maximum absolute atomic E-state index is 12.7. The van der Waals surface area contributed by atoms with Crippen molar-refractivity contribution in [1.29, 1.82) is 0 Å². The molecule has 36 heavy (non-hydrogen) atoms. The first kappa shape index (κ1) is 23.5. The Morgan fingerprint density at radius 1 is 1.17 bits per heavy atom. The van der Waals surface area contributed by atoms with E-state index in [-0.39, 0.29) is 11.9 Å². The fraction of sp³-hybridized carbons (Fsp3) is 0.296. The van der Waals surface area contributed by atoms with Crippen LogP contribution < -0.4 is 25.8 Å². The van der Waals surface area contributed by atoms with E-state index >= 15 is 0 Å². The van der Waals surface area contributed by atoms with Crippen LogP contribution in [0.3, 0.4) is 0 Å². The van der Waals surface area contributed by atoms with Crippen LogP contribution in [-0.4, -0.2) is 42.4 Å². The molecule has 1 aliphatic carbocycles. The Bertz CT molecular complexity index is 1330. The number of nitrogens with one attached hydrogen (secondary N) is 2. The van der Waals surface area contributed by atoms with E-state index in [1.54, 1.807) is 18.9 Å². The predicted molar refractivity (Wildman–Crippen MR) is 138 cm³/mol. The molecule has 9 nitrogen and oxygen atoms in total. The topological polar surface area (TPSA) is 120 Å². The molecule has 1 atom stereocenters. The number of carbonyl (C=O) groups excluding carboxylic acids is 2. The van der Waals surface area contributed by atoms with Crippen molar-refractivity contribution in [3.8, 4) is 22.8 Å². The summed E-state index contributed by atoms with van der Waals surface area (Å²) in [7, 11) is 3.26. The summed E-state index contributed by atoms with van der Waals surface area (Å²) in [4.78, 5) is 24.8. The number of hydrogen-bond acceptors (Lipinski definition) is 6. The molecular formula is C27H29N5O4. The van der Waals surface area contributed by atoms with Crippen molar-refractivity contribution in [1.82, 2.24) is 9.78 Å². The van der Waals surface area contributed by atoms with Gasteiger partial charge in [-0.1, -0.05) is 24.8 Å². The zero-order chi connectivity index (χ0) is 25.4. The highest BCUT2D eigenvalue weighted by Gasteiger charge is 2.34. The van der Waals surface area contributed by atoms with Gasteiger partial charge in [-0.3, -0.25) is 9.59 Å².